The summed E-state index contributed by atoms with van der Waals surface area (Å²) in [4.78, 5) is 17.8. The number of benzene rings is 2. The van der Waals surface area contributed by atoms with E-state index in [-0.39, 0.29) is 5.91 Å². The second-order valence-corrected chi connectivity index (χ2v) is 7.20. The van der Waals surface area contributed by atoms with Gasteiger partial charge in [-0.05, 0) is 24.6 Å². The lowest BCUT2D eigenvalue weighted by molar-refractivity contribution is 0.102. The fourth-order valence-electron chi connectivity index (χ4n) is 2.80. The van der Waals surface area contributed by atoms with Crippen LogP contribution in [-0.4, -0.2) is 20.7 Å². The van der Waals surface area contributed by atoms with Crippen molar-refractivity contribution in [3.05, 3.63) is 94.1 Å². The lowest BCUT2D eigenvalue weighted by atomic mass is 10.2. The van der Waals surface area contributed by atoms with Crippen molar-refractivity contribution >= 4 is 23.1 Å². The van der Waals surface area contributed by atoms with E-state index in [1.54, 1.807) is 10.7 Å². The number of carbonyl (C=O) groups excluding carboxylic acids is 1. The van der Waals surface area contributed by atoms with Gasteiger partial charge in [-0.3, -0.25) is 4.79 Å². The average molecular weight is 374 g/mol. The summed E-state index contributed by atoms with van der Waals surface area (Å²) in [7, 11) is 0. The highest BCUT2D eigenvalue weighted by Crippen LogP contribution is 2.22. The van der Waals surface area contributed by atoms with Gasteiger partial charge in [0.05, 0.1) is 16.4 Å². The Hall–Kier alpha value is -3.25. The van der Waals surface area contributed by atoms with Gasteiger partial charge in [-0.2, -0.15) is 5.10 Å². The third-order valence-corrected chi connectivity index (χ3v) is 5.25. The minimum Gasteiger partial charge on any atom is -0.304 e. The van der Waals surface area contributed by atoms with Crippen molar-refractivity contribution in [1.29, 1.82) is 0 Å². The minimum absolute atomic E-state index is 0.178. The molecule has 0 saturated carbocycles. The summed E-state index contributed by atoms with van der Waals surface area (Å²) in [6.45, 7) is 1.86. The highest BCUT2D eigenvalue weighted by molar-refractivity contribution is 7.14. The van der Waals surface area contributed by atoms with Crippen molar-refractivity contribution in [2.45, 2.75) is 13.3 Å². The van der Waals surface area contributed by atoms with Crippen LogP contribution < -0.4 is 5.32 Å². The van der Waals surface area contributed by atoms with Gasteiger partial charge in [0.2, 0.25) is 0 Å². The molecule has 2 heterocycles. The summed E-state index contributed by atoms with van der Waals surface area (Å²) in [6, 6.07) is 21.7. The predicted octanol–water partition coefficient (Wildman–Crippen LogP) is 4.48. The Morgan fingerprint density at radius 3 is 2.48 bits per heavy atom. The molecule has 0 unspecified atom stereocenters. The third-order valence-electron chi connectivity index (χ3n) is 4.10. The largest absolute Gasteiger partial charge is 0.304 e. The van der Waals surface area contributed by atoms with Crippen LogP contribution in [0.1, 0.15) is 25.9 Å². The van der Waals surface area contributed by atoms with E-state index in [1.807, 2.05) is 61.7 Å². The van der Waals surface area contributed by atoms with Crippen LogP contribution in [0.15, 0.2) is 72.9 Å². The smallest absolute Gasteiger partial charge is 0.268 e. The lowest BCUT2D eigenvalue weighted by Gasteiger charge is -2.01. The van der Waals surface area contributed by atoms with Gasteiger partial charge >= 0.3 is 0 Å². The van der Waals surface area contributed by atoms with Crippen molar-refractivity contribution in [3.8, 4) is 5.69 Å². The van der Waals surface area contributed by atoms with E-state index in [4.69, 9.17) is 0 Å². The molecule has 0 spiro atoms. The van der Waals surface area contributed by atoms with Gasteiger partial charge in [-0.25, -0.2) is 9.67 Å². The number of anilines is 1. The number of amides is 1. The molecule has 0 fully saturated rings. The van der Waals surface area contributed by atoms with Gasteiger partial charge in [0.1, 0.15) is 4.88 Å². The second-order valence-electron chi connectivity index (χ2n) is 6.12. The second kappa shape index (κ2) is 7.55. The van der Waals surface area contributed by atoms with Gasteiger partial charge in [-0.15, -0.1) is 11.3 Å². The van der Waals surface area contributed by atoms with E-state index in [2.05, 4.69) is 27.5 Å². The Bertz CT molecular complexity index is 1050. The number of thiazole rings is 1. The number of nitrogens with one attached hydrogen (secondary N) is 1. The van der Waals surface area contributed by atoms with E-state index in [9.17, 15) is 4.79 Å². The van der Waals surface area contributed by atoms with Gasteiger partial charge < -0.3 is 5.32 Å². The highest BCUT2D eigenvalue weighted by atomic mass is 32.1. The number of aromatic nitrogens is 3. The number of para-hydroxylation sites is 1. The standard InChI is InChI=1S/C21H18N4OS/c1-15-20(27-19(22-15)14-16-8-4-2-5-9-16)21(26)23-18-12-13-25(24-18)17-10-6-3-7-11-17/h2-13H,14H2,1H3,(H,23,24,26). The Morgan fingerprint density at radius 1 is 1.04 bits per heavy atom. The number of nitrogens with zero attached hydrogens (tertiary/aromatic N) is 3. The van der Waals surface area contributed by atoms with Gasteiger partial charge in [0, 0.05) is 18.7 Å². The van der Waals surface area contributed by atoms with Crippen LogP contribution in [0.2, 0.25) is 0 Å². The fraction of sp³-hybridized carbons (Fsp3) is 0.0952. The molecule has 134 valence electrons. The van der Waals surface area contributed by atoms with Crippen LogP contribution in [0.4, 0.5) is 5.82 Å². The fourth-order valence-corrected chi connectivity index (χ4v) is 3.79. The summed E-state index contributed by atoms with van der Waals surface area (Å²) in [5.41, 5.74) is 2.86. The van der Waals surface area contributed by atoms with Gasteiger partial charge in [-0.1, -0.05) is 48.5 Å². The van der Waals surface area contributed by atoms with Crippen molar-refractivity contribution in [2.75, 3.05) is 5.32 Å². The van der Waals surface area contributed by atoms with Gasteiger partial charge in [0.15, 0.2) is 5.82 Å². The molecule has 2 aromatic heterocycles. The first-order valence-electron chi connectivity index (χ1n) is 8.62. The molecule has 0 aliphatic rings. The maximum absolute atomic E-state index is 12.7. The summed E-state index contributed by atoms with van der Waals surface area (Å²) in [5, 5.41) is 8.21. The monoisotopic (exact) mass is 374 g/mol. The number of carbonyl (C=O) groups is 1. The number of hydrogen-bond acceptors (Lipinski definition) is 4. The molecule has 2 aromatic carbocycles. The minimum atomic E-state index is -0.178. The van der Waals surface area contributed by atoms with Crippen molar-refractivity contribution in [1.82, 2.24) is 14.8 Å². The molecule has 4 rings (SSSR count). The molecule has 27 heavy (non-hydrogen) atoms. The molecule has 0 bridgehead atoms. The van der Waals surface area contributed by atoms with Crippen molar-refractivity contribution in [3.63, 3.8) is 0 Å². The first kappa shape index (κ1) is 17.2. The predicted molar refractivity (Wildman–Crippen MR) is 108 cm³/mol. The molecule has 0 radical (unpaired) electrons. The first-order chi connectivity index (χ1) is 13.2. The molecular weight excluding hydrogens is 356 g/mol. The van der Waals surface area contributed by atoms with E-state index in [1.165, 1.54) is 16.9 Å². The molecule has 1 amide bonds. The molecule has 1 N–H and O–H groups in total. The normalized spacial score (nSPS) is 10.7. The maximum Gasteiger partial charge on any atom is 0.268 e. The summed E-state index contributed by atoms with van der Waals surface area (Å²) in [5.74, 6) is 0.337. The number of aryl methyl sites for hydroxylation is 1. The van der Waals surface area contributed by atoms with Gasteiger partial charge in [0.25, 0.3) is 5.91 Å². The Morgan fingerprint density at radius 2 is 1.74 bits per heavy atom. The third kappa shape index (κ3) is 3.96. The lowest BCUT2D eigenvalue weighted by Crippen LogP contribution is -2.12. The van der Waals surface area contributed by atoms with Crippen molar-refractivity contribution < 1.29 is 4.79 Å². The van der Waals surface area contributed by atoms with Crippen molar-refractivity contribution in [2.24, 2.45) is 0 Å². The molecule has 0 atom stereocenters. The van der Waals surface area contributed by atoms with Crippen LogP contribution >= 0.6 is 11.3 Å². The average Bonchev–Trinajstić information content (AvgIpc) is 3.30. The zero-order chi connectivity index (χ0) is 18.6. The Balaban J connectivity index is 1.48. The number of hydrogen-bond donors (Lipinski definition) is 1. The number of rotatable bonds is 5. The molecule has 4 aromatic rings. The van der Waals surface area contributed by atoms with E-state index >= 15 is 0 Å². The highest BCUT2D eigenvalue weighted by Gasteiger charge is 2.16. The van der Waals surface area contributed by atoms with Crippen LogP contribution in [-0.2, 0) is 6.42 Å². The molecule has 0 aliphatic heterocycles. The molecule has 0 aliphatic carbocycles. The van der Waals surface area contributed by atoms with Crippen LogP contribution in [0.3, 0.4) is 0 Å². The zero-order valence-electron chi connectivity index (χ0n) is 14.8. The SMILES string of the molecule is Cc1nc(Cc2ccccc2)sc1C(=O)Nc1ccn(-c2ccccc2)n1. The van der Waals surface area contributed by atoms with E-state index in [0.717, 1.165) is 22.8 Å². The Kier molecular flexibility index (Phi) is 4.80. The summed E-state index contributed by atoms with van der Waals surface area (Å²) < 4.78 is 1.73. The summed E-state index contributed by atoms with van der Waals surface area (Å²) in [6.07, 6.45) is 2.55. The molecule has 5 nitrogen and oxygen atoms in total. The topological polar surface area (TPSA) is 59.8 Å². The summed E-state index contributed by atoms with van der Waals surface area (Å²) >= 11 is 1.43. The molecule has 0 saturated heterocycles. The van der Waals surface area contributed by atoms with E-state index in [0.29, 0.717) is 10.7 Å². The molecule has 6 heteroatoms. The quantitative estimate of drug-likeness (QED) is 0.560. The van der Waals surface area contributed by atoms with E-state index < -0.39 is 0 Å². The first-order valence-corrected chi connectivity index (χ1v) is 9.43. The maximum atomic E-state index is 12.7. The Labute approximate surface area is 161 Å². The molecular formula is C21H18N4OS. The zero-order valence-corrected chi connectivity index (χ0v) is 15.6. The van der Waals surface area contributed by atoms with Crippen LogP contribution in [0.5, 0.6) is 0 Å². The van der Waals surface area contributed by atoms with Crippen LogP contribution in [0.25, 0.3) is 5.69 Å². The van der Waals surface area contributed by atoms with Crippen LogP contribution in [0, 0.1) is 6.92 Å².